The van der Waals surface area contributed by atoms with Crippen LogP contribution in [0, 0.1) is 5.92 Å². The summed E-state index contributed by atoms with van der Waals surface area (Å²) in [6.45, 7) is 0.539. The monoisotopic (exact) mass is 294 g/mol. The fourth-order valence-corrected chi connectivity index (χ4v) is 2.68. The van der Waals surface area contributed by atoms with E-state index in [0.717, 1.165) is 25.9 Å². The molecule has 7 heteroatoms. The molecular formula is C13H21F3N2O2. The van der Waals surface area contributed by atoms with Gasteiger partial charge in [-0.3, -0.25) is 4.79 Å². The molecule has 1 aliphatic carbocycles. The number of carbonyl (C=O) groups is 1. The van der Waals surface area contributed by atoms with Crippen molar-refractivity contribution in [3.63, 3.8) is 0 Å². The number of nitrogens with one attached hydrogen (secondary N) is 2. The predicted octanol–water partition coefficient (Wildman–Crippen LogP) is 1.60. The molecule has 2 unspecified atom stereocenters. The van der Waals surface area contributed by atoms with Gasteiger partial charge in [0.1, 0.15) is 6.61 Å². The van der Waals surface area contributed by atoms with Gasteiger partial charge in [0.25, 0.3) is 0 Å². The van der Waals surface area contributed by atoms with Crippen LogP contribution in [0.3, 0.4) is 0 Å². The highest BCUT2D eigenvalue weighted by molar-refractivity contribution is 5.76. The van der Waals surface area contributed by atoms with Crippen LogP contribution in [0.15, 0.2) is 0 Å². The fourth-order valence-electron chi connectivity index (χ4n) is 2.68. The summed E-state index contributed by atoms with van der Waals surface area (Å²) in [5, 5.41) is 6.02. The van der Waals surface area contributed by atoms with Crippen molar-refractivity contribution in [2.45, 2.75) is 50.4 Å². The van der Waals surface area contributed by atoms with Crippen LogP contribution in [0.5, 0.6) is 0 Å². The molecular weight excluding hydrogens is 273 g/mol. The second kappa shape index (κ2) is 6.76. The summed E-state index contributed by atoms with van der Waals surface area (Å²) >= 11 is 0. The van der Waals surface area contributed by atoms with Gasteiger partial charge in [-0.1, -0.05) is 0 Å². The zero-order valence-corrected chi connectivity index (χ0v) is 11.3. The average molecular weight is 294 g/mol. The SMILES string of the molecule is O=C(CC1CNC1)NC1CCCC(OCC(F)(F)F)C1. The van der Waals surface area contributed by atoms with Crippen LogP contribution < -0.4 is 10.6 Å². The third-order valence-corrected chi connectivity index (χ3v) is 3.81. The summed E-state index contributed by atoms with van der Waals surface area (Å²) < 4.78 is 41.2. The van der Waals surface area contributed by atoms with E-state index in [1.165, 1.54) is 0 Å². The van der Waals surface area contributed by atoms with Crippen LogP contribution in [0.2, 0.25) is 0 Å². The third kappa shape index (κ3) is 5.28. The summed E-state index contributed by atoms with van der Waals surface area (Å²) in [6, 6.07) is -0.0532. The first-order valence-electron chi connectivity index (χ1n) is 7.11. The van der Waals surface area contributed by atoms with Crippen molar-refractivity contribution in [2.75, 3.05) is 19.7 Å². The topological polar surface area (TPSA) is 50.4 Å². The van der Waals surface area contributed by atoms with Crippen LogP contribution in [-0.4, -0.2) is 43.9 Å². The third-order valence-electron chi connectivity index (χ3n) is 3.81. The minimum absolute atomic E-state index is 0.00188. The number of hydrogen-bond donors (Lipinski definition) is 2. The minimum atomic E-state index is -4.28. The first-order chi connectivity index (χ1) is 9.42. The molecule has 0 spiro atoms. The van der Waals surface area contributed by atoms with Crippen molar-refractivity contribution < 1.29 is 22.7 Å². The predicted molar refractivity (Wildman–Crippen MR) is 67.2 cm³/mol. The highest BCUT2D eigenvalue weighted by Gasteiger charge is 2.31. The smallest absolute Gasteiger partial charge is 0.369 e. The van der Waals surface area contributed by atoms with Crippen LogP contribution >= 0.6 is 0 Å². The Bertz CT molecular complexity index is 332. The van der Waals surface area contributed by atoms with E-state index in [9.17, 15) is 18.0 Å². The first kappa shape index (κ1) is 15.6. The molecule has 2 atom stereocenters. The lowest BCUT2D eigenvalue weighted by Crippen LogP contribution is -2.47. The van der Waals surface area contributed by atoms with Crippen molar-refractivity contribution in [3.8, 4) is 0 Å². The molecule has 20 heavy (non-hydrogen) atoms. The molecule has 4 nitrogen and oxygen atoms in total. The van der Waals surface area contributed by atoms with E-state index in [1.54, 1.807) is 0 Å². The quantitative estimate of drug-likeness (QED) is 0.810. The molecule has 0 aromatic heterocycles. The van der Waals surface area contributed by atoms with Crippen LogP contribution in [0.4, 0.5) is 13.2 Å². The summed E-state index contributed by atoms with van der Waals surface area (Å²) in [4.78, 5) is 11.8. The normalized spacial score (nSPS) is 27.9. The van der Waals surface area contributed by atoms with Gasteiger partial charge in [-0.05, 0) is 44.7 Å². The number of alkyl halides is 3. The van der Waals surface area contributed by atoms with Crippen molar-refractivity contribution >= 4 is 5.91 Å². The number of rotatable bonds is 5. The Balaban J connectivity index is 1.68. The lowest BCUT2D eigenvalue weighted by Gasteiger charge is -2.31. The summed E-state index contributed by atoms with van der Waals surface area (Å²) in [7, 11) is 0. The highest BCUT2D eigenvalue weighted by atomic mass is 19.4. The maximum Gasteiger partial charge on any atom is 0.411 e. The van der Waals surface area contributed by atoms with E-state index in [1.807, 2.05) is 0 Å². The minimum Gasteiger partial charge on any atom is -0.369 e. The van der Waals surface area contributed by atoms with E-state index in [-0.39, 0.29) is 11.9 Å². The Morgan fingerprint density at radius 2 is 2.05 bits per heavy atom. The van der Waals surface area contributed by atoms with E-state index in [4.69, 9.17) is 4.74 Å². The zero-order chi connectivity index (χ0) is 14.6. The largest absolute Gasteiger partial charge is 0.411 e. The average Bonchev–Trinajstić information content (AvgIpc) is 2.31. The Morgan fingerprint density at radius 3 is 2.65 bits per heavy atom. The molecule has 0 bridgehead atoms. The van der Waals surface area contributed by atoms with Crippen LogP contribution in [0.25, 0.3) is 0 Å². The van der Waals surface area contributed by atoms with Gasteiger partial charge in [-0.25, -0.2) is 0 Å². The first-order valence-corrected chi connectivity index (χ1v) is 7.11. The van der Waals surface area contributed by atoms with Gasteiger partial charge in [0.2, 0.25) is 5.91 Å². The van der Waals surface area contributed by atoms with Gasteiger partial charge in [0, 0.05) is 12.5 Å². The molecule has 2 rings (SSSR count). The lowest BCUT2D eigenvalue weighted by atomic mass is 9.92. The summed E-state index contributed by atoms with van der Waals surface area (Å²) in [5.74, 6) is 0.397. The molecule has 1 saturated heterocycles. The second-order valence-electron chi connectivity index (χ2n) is 5.71. The number of carbonyl (C=O) groups excluding carboxylic acids is 1. The fraction of sp³-hybridized carbons (Fsp3) is 0.923. The Kier molecular flexibility index (Phi) is 5.26. The van der Waals surface area contributed by atoms with Gasteiger partial charge >= 0.3 is 6.18 Å². The zero-order valence-electron chi connectivity index (χ0n) is 11.3. The number of halogens is 3. The second-order valence-corrected chi connectivity index (χ2v) is 5.71. The maximum atomic E-state index is 12.1. The van der Waals surface area contributed by atoms with Gasteiger partial charge in [-0.15, -0.1) is 0 Å². The maximum absolute atomic E-state index is 12.1. The van der Waals surface area contributed by atoms with Crippen molar-refractivity contribution in [1.82, 2.24) is 10.6 Å². The highest BCUT2D eigenvalue weighted by Crippen LogP contribution is 2.24. The van der Waals surface area contributed by atoms with E-state index in [0.29, 0.717) is 25.2 Å². The van der Waals surface area contributed by atoms with E-state index >= 15 is 0 Å². The molecule has 2 N–H and O–H groups in total. The molecule has 1 heterocycles. The lowest BCUT2D eigenvalue weighted by molar-refractivity contribution is -0.188. The molecule has 0 aromatic rings. The Morgan fingerprint density at radius 1 is 1.30 bits per heavy atom. The Hall–Kier alpha value is -0.820. The summed E-state index contributed by atoms with van der Waals surface area (Å²) in [6.07, 6.45) is -1.47. The van der Waals surface area contributed by atoms with E-state index < -0.39 is 18.9 Å². The summed E-state index contributed by atoms with van der Waals surface area (Å²) in [5.41, 5.74) is 0. The van der Waals surface area contributed by atoms with Crippen molar-refractivity contribution in [3.05, 3.63) is 0 Å². The Labute approximate surface area is 116 Å². The van der Waals surface area contributed by atoms with E-state index in [2.05, 4.69) is 10.6 Å². The van der Waals surface area contributed by atoms with Crippen LogP contribution in [0.1, 0.15) is 32.1 Å². The van der Waals surface area contributed by atoms with Gasteiger partial charge < -0.3 is 15.4 Å². The molecule has 1 aliphatic heterocycles. The van der Waals surface area contributed by atoms with Crippen LogP contribution in [-0.2, 0) is 9.53 Å². The molecule has 2 aliphatic rings. The van der Waals surface area contributed by atoms with Gasteiger partial charge in [0.15, 0.2) is 0 Å². The van der Waals surface area contributed by atoms with Gasteiger partial charge in [-0.2, -0.15) is 13.2 Å². The molecule has 2 fully saturated rings. The standard InChI is InChI=1S/C13H21F3N2O2/c14-13(15,16)8-20-11-3-1-2-10(5-11)18-12(19)4-9-6-17-7-9/h9-11,17H,1-8H2,(H,18,19). The number of hydrogen-bond acceptors (Lipinski definition) is 3. The molecule has 1 amide bonds. The van der Waals surface area contributed by atoms with Crippen molar-refractivity contribution in [2.24, 2.45) is 5.92 Å². The molecule has 0 radical (unpaired) electrons. The van der Waals surface area contributed by atoms with Crippen molar-refractivity contribution in [1.29, 1.82) is 0 Å². The number of amides is 1. The molecule has 1 saturated carbocycles. The molecule has 0 aromatic carbocycles. The molecule has 116 valence electrons. The van der Waals surface area contributed by atoms with Gasteiger partial charge in [0.05, 0.1) is 6.10 Å². The number of ether oxygens (including phenoxy) is 1.